The third-order valence-electron chi connectivity index (χ3n) is 10.2. The van der Waals surface area contributed by atoms with E-state index in [9.17, 15) is 10.2 Å². The van der Waals surface area contributed by atoms with E-state index in [1.165, 1.54) is 22.3 Å². The van der Waals surface area contributed by atoms with E-state index >= 15 is 0 Å². The normalized spacial score (nSPS) is 11.0. The summed E-state index contributed by atoms with van der Waals surface area (Å²) in [7, 11) is 0. The van der Waals surface area contributed by atoms with Crippen molar-refractivity contribution in [1.29, 1.82) is 0 Å². The fraction of sp³-hybridized carbons (Fsp3) is 0.0769. The summed E-state index contributed by atoms with van der Waals surface area (Å²) in [6.07, 6.45) is 1.27. The Morgan fingerprint density at radius 3 is 0.696 bits per heavy atom. The molecule has 8 aromatic rings. The van der Waals surface area contributed by atoms with Gasteiger partial charge in [0.05, 0.1) is 0 Å². The van der Waals surface area contributed by atoms with Crippen LogP contribution in [0.2, 0.25) is 0 Å². The number of hydrogen-bond acceptors (Lipinski definition) is 4. The molecule has 0 unspecified atom stereocenters. The Kier molecular flexibility index (Phi) is 11.1. The number of rotatable bonds is 13. The molecule has 0 amide bonds. The van der Waals surface area contributed by atoms with Crippen LogP contribution in [0.1, 0.15) is 11.1 Å². The van der Waals surface area contributed by atoms with E-state index in [0.717, 1.165) is 56.4 Å². The summed E-state index contributed by atoms with van der Waals surface area (Å²) in [5, 5.41) is 19.0. The van der Waals surface area contributed by atoms with Crippen LogP contribution in [0.3, 0.4) is 0 Å². The second-order valence-electron chi connectivity index (χ2n) is 13.9. The van der Waals surface area contributed by atoms with Gasteiger partial charge in [0.2, 0.25) is 0 Å². The summed E-state index contributed by atoms with van der Waals surface area (Å²) in [4.78, 5) is 4.55. The van der Waals surface area contributed by atoms with Gasteiger partial charge in [-0.15, -0.1) is 0 Å². The van der Waals surface area contributed by atoms with Gasteiger partial charge in [0.1, 0.15) is 0 Å². The summed E-state index contributed by atoms with van der Waals surface area (Å²) in [5.41, 5.74) is 15.6. The second-order valence-corrected chi connectivity index (χ2v) is 13.9. The van der Waals surface area contributed by atoms with Crippen LogP contribution in [0.25, 0.3) is 33.4 Å². The lowest BCUT2D eigenvalue weighted by Gasteiger charge is -2.27. The number of aliphatic hydroxyl groups is 2. The average Bonchev–Trinajstić information content (AvgIpc) is 3.27. The van der Waals surface area contributed by atoms with E-state index in [1.54, 1.807) is 0 Å². The van der Waals surface area contributed by atoms with Gasteiger partial charge in [-0.1, -0.05) is 133 Å². The first-order valence-corrected chi connectivity index (χ1v) is 19.2. The zero-order valence-corrected chi connectivity index (χ0v) is 31.2. The number of nitrogens with zero attached hydrogens (tertiary/aromatic N) is 2. The van der Waals surface area contributed by atoms with E-state index in [1.807, 2.05) is 12.1 Å². The predicted molar refractivity (Wildman–Crippen MR) is 234 cm³/mol. The molecular weight excluding hydrogens is 685 g/mol. The smallest absolute Gasteiger partial charge is 0.0471 e. The monoisotopic (exact) mass is 728 g/mol. The molecule has 56 heavy (non-hydrogen) atoms. The minimum absolute atomic E-state index is 0.130. The lowest BCUT2D eigenvalue weighted by atomic mass is 10.0. The molecule has 274 valence electrons. The first-order valence-electron chi connectivity index (χ1n) is 19.2. The molecule has 0 heterocycles. The van der Waals surface area contributed by atoms with Crippen LogP contribution in [0, 0.1) is 0 Å². The number of aliphatic hydroxyl groups excluding tert-OH is 2. The lowest BCUT2D eigenvalue weighted by molar-refractivity contribution is 0.299. The van der Waals surface area contributed by atoms with E-state index in [0.29, 0.717) is 12.8 Å². The van der Waals surface area contributed by atoms with Gasteiger partial charge >= 0.3 is 0 Å². The lowest BCUT2D eigenvalue weighted by Crippen LogP contribution is -2.10. The van der Waals surface area contributed by atoms with Crippen molar-refractivity contribution in [3.8, 4) is 33.4 Å². The highest BCUT2D eigenvalue weighted by Gasteiger charge is 2.16. The molecule has 8 aromatic carbocycles. The van der Waals surface area contributed by atoms with Gasteiger partial charge in [-0.3, -0.25) is 0 Å². The summed E-state index contributed by atoms with van der Waals surface area (Å²) >= 11 is 0. The highest BCUT2D eigenvalue weighted by atomic mass is 16.3. The van der Waals surface area contributed by atoms with E-state index < -0.39 is 0 Å². The van der Waals surface area contributed by atoms with Crippen LogP contribution in [0.15, 0.2) is 206 Å². The Labute approximate surface area is 329 Å². The fourth-order valence-corrected chi connectivity index (χ4v) is 7.25. The van der Waals surface area contributed by atoms with Gasteiger partial charge in [-0.05, 0) is 130 Å². The first-order chi connectivity index (χ1) is 27.7. The van der Waals surface area contributed by atoms with Crippen LogP contribution in [-0.4, -0.2) is 23.4 Å². The molecule has 0 aromatic heterocycles. The molecule has 0 aliphatic carbocycles. The third kappa shape index (κ3) is 8.18. The van der Waals surface area contributed by atoms with E-state index in [-0.39, 0.29) is 13.2 Å². The van der Waals surface area contributed by atoms with Crippen molar-refractivity contribution < 1.29 is 10.2 Å². The zero-order chi connectivity index (χ0) is 38.1. The highest BCUT2D eigenvalue weighted by molar-refractivity contribution is 5.82. The first kappa shape index (κ1) is 36.3. The summed E-state index contributed by atoms with van der Waals surface area (Å²) in [6, 6.07) is 72.7. The molecule has 0 atom stereocenters. The van der Waals surface area contributed by atoms with Gasteiger partial charge in [0.25, 0.3) is 0 Å². The Bertz CT molecular complexity index is 2250. The molecule has 0 bridgehead atoms. The summed E-state index contributed by atoms with van der Waals surface area (Å²) < 4.78 is 0. The Balaban J connectivity index is 1.09. The molecule has 8 rings (SSSR count). The van der Waals surface area contributed by atoms with Crippen molar-refractivity contribution in [3.63, 3.8) is 0 Å². The van der Waals surface area contributed by atoms with Crippen molar-refractivity contribution in [2.45, 2.75) is 12.8 Å². The van der Waals surface area contributed by atoms with Crippen molar-refractivity contribution in [2.75, 3.05) is 23.0 Å². The molecule has 0 spiro atoms. The number of benzene rings is 8. The average molecular weight is 729 g/mol. The van der Waals surface area contributed by atoms with Crippen LogP contribution in [0.4, 0.5) is 34.1 Å². The van der Waals surface area contributed by atoms with E-state index in [2.05, 4.69) is 204 Å². The molecule has 0 aliphatic heterocycles. The van der Waals surface area contributed by atoms with Crippen molar-refractivity contribution in [2.24, 2.45) is 0 Å². The maximum Gasteiger partial charge on any atom is 0.0471 e. The maximum atomic E-state index is 9.49. The zero-order valence-electron chi connectivity index (χ0n) is 31.2. The van der Waals surface area contributed by atoms with Crippen LogP contribution in [-0.2, 0) is 12.8 Å². The predicted octanol–water partition coefficient (Wildman–Crippen LogP) is 12.7. The van der Waals surface area contributed by atoms with Crippen LogP contribution >= 0.6 is 0 Å². The van der Waals surface area contributed by atoms with Gasteiger partial charge in [0, 0.05) is 47.3 Å². The molecule has 0 fully saturated rings. The minimum Gasteiger partial charge on any atom is -0.396 e. The van der Waals surface area contributed by atoms with Crippen molar-refractivity contribution >= 4 is 34.1 Å². The molecule has 4 heteroatoms. The van der Waals surface area contributed by atoms with Gasteiger partial charge in [0.15, 0.2) is 0 Å². The maximum absolute atomic E-state index is 9.49. The molecule has 0 aliphatic rings. The van der Waals surface area contributed by atoms with Crippen LogP contribution < -0.4 is 9.80 Å². The largest absolute Gasteiger partial charge is 0.396 e. The quantitative estimate of drug-likeness (QED) is 0.124. The molecule has 4 nitrogen and oxygen atoms in total. The summed E-state index contributed by atoms with van der Waals surface area (Å²) in [5.74, 6) is 0. The molecule has 0 radical (unpaired) electrons. The van der Waals surface area contributed by atoms with Crippen molar-refractivity contribution in [3.05, 3.63) is 217 Å². The molecule has 0 saturated carbocycles. The van der Waals surface area contributed by atoms with Crippen molar-refractivity contribution in [1.82, 2.24) is 0 Å². The Hall–Kier alpha value is -6.72. The molecule has 2 N–H and O–H groups in total. The minimum atomic E-state index is 0.130. The second kappa shape index (κ2) is 17.2. The number of anilines is 6. The fourth-order valence-electron chi connectivity index (χ4n) is 7.25. The van der Waals surface area contributed by atoms with Gasteiger partial charge in [-0.2, -0.15) is 0 Å². The highest BCUT2D eigenvalue weighted by Crippen LogP contribution is 2.39. The Morgan fingerprint density at radius 2 is 0.464 bits per heavy atom. The van der Waals surface area contributed by atoms with Gasteiger partial charge < -0.3 is 20.0 Å². The van der Waals surface area contributed by atoms with Crippen LogP contribution in [0.5, 0.6) is 0 Å². The number of hydrogen-bond donors (Lipinski definition) is 2. The Morgan fingerprint density at radius 1 is 0.250 bits per heavy atom. The molecular formula is C52H44N2O2. The third-order valence-corrected chi connectivity index (χ3v) is 10.2. The summed E-state index contributed by atoms with van der Waals surface area (Å²) in [6.45, 7) is 0.260. The topological polar surface area (TPSA) is 46.9 Å². The van der Waals surface area contributed by atoms with Gasteiger partial charge in [-0.25, -0.2) is 0 Å². The SMILES string of the molecule is OCCc1ccc(N(c2ccc(-c3ccccc3)cc2)c2ccc(-c3ccc(N(c4ccc(CCO)cc4)c4ccc(-c5ccccc5)cc4)cc3)cc2)cc1. The standard InChI is InChI=1S/C52H44N2O2/c55-37-35-39-11-23-47(24-12-39)53(49-27-15-43(16-28-49)41-7-3-1-4-8-41)51-31-19-45(20-32-51)46-21-33-52(34-22-46)54(48-25-13-40(14-26-48)36-38-56)50-29-17-44(18-30-50)42-9-5-2-6-10-42/h1-34,55-56H,35-38H2. The molecule has 0 saturated heterocycles. The van der Waals surface area contributed by atoms with E-state index in [4.69, 9.17) is 0 Å².